The maximum atomic E-state index is 13.6. The molecular formula is C29H38N6O4S. The summed E-state index contributed by atoms with van der Waals surface area (Å²) in [5.41, 5.74) is 0.626. The zero-order valence-electron chi connectivity index (χ0n) is 24.0. The number of hydrogen-bond donors (Lipinski definition) is 1. The van der Waals surface area contributed by atoms with Crippen LogP contribution in [0.3, 0.4) is 0 Å². The molecule has 1 aromatic carbocycles. The molecule has 1 N–H and O–H groups in total. The van der Waals surface area contributed by atoms with Gasteiger partial charge in [0.1, 0.15) is 28.8 Å². The van der Waals surface area contributed by atoms with Crippen molar-refractivity contribution in [2.75, 3.05) is 55.4 Å². The van der Waals surface area contributed by atoms with Crippen LogP contribution in [0.1, 0.15) is 55.5 Å². The Labute approximate surface area is 239 Å². The lowest BCUT2D eigenvalue weighted by atomic mass is 10.2. The van der Waals surface area contributed by atoms with Gasteiger partial charge in [-0.15, -0.1) is 11.3 Å². The molecule has 0 aliphatic carbocycles. The summed E-state index contributed by atoms with van der Waals surface area (Å²) in [5.74, 6) is 1.59. The first kappa shape index (κ1) is 29.1. The van der Waals surface area contributed by atoms with Crippen LogP contribution in [0, 0.1) is 0 Å². The van der Waals surface area contributed by atoms with Gasteiger partial charge in [0.15, 0.2) is 0 Å². The van der Waals surface area contributed by atoms with Crippen LogP contribution in [-0.4, -0.2) is 72.7 Å². The number of nitrogens with zero attached hydrogens (tertiary/aromatic N) is 5. The van der Waals surface area contributed by atoms with Crippen molar-refractivity contribution in [1.82, 2.24) is 14.9 Å². The molecule has 3 aromatic rings. The lowest BCUT2D eigenvalue weighted by molar-refractivity contribution is 0.0279. The van der Waals surface area contributed by atoms with E-state index in [1.165, 1.54) is 0 Å². The van der Waals surface area contributed by atoms with Crippen molar-refractivity contribution in [2.45, 2.75) is 45.8 Å². The molecule has 0 radical (unpaired) electrons. The first-order chi connectivity index (χ1) is 19.1. The topological polar surface area (TPSA) is 100 Å². The largest absolute Gasteiger partial charge is 0.485 e. The SMILES string of the molecule is CCNc1ncc2c(n1)N(C)CCN(c1cccc(O[C@@H](CCN(C)C(=O)OC(C)(C)C)c3cccs3)c1)C2=O. The zero-order chi connectivity index (χ0) is 28.9. The molecule has 0 fully saturated rings. The van der Waals surface area contributed by atoms with Crippen LogP contribution in [0.4, 0.5) is 22.2 Å². The third-order valence-corrected chi connectivity index (χ3v) is 7.26. The van der Waals surface area contributed by atoms with Crippen LogP contribution < -0.4 is 19.9 Å². The van der Waals surface area contributed by atoms with E-state index >= 15 is 0 Å². The quantitative estimate of drug-likeness (QED) is 0.365. The third-order valence-electron chi connectivity index (χ3n) is 6.30. The van der Waals surface area contributed by atoms with Gasteiger partial charge in [-0.2, -0.15) is 4.98 Å². The molecule has 0 spiro atoms. The van der Waals surface area contributed by atoms with E-state index in [1.54, 1.807) is 34.4 Å². The van der Waals surface area contributed by atoms with E-state index in [1.807, 2.05) is 81.4 Å². The average Bonchev–Trinajstić information content (AvgIpc) is 3.41. The maximum absolute atomic E-state index is 13.6. The van der Waals surface area contributed by atoms with Crippen molar-refractivity contribution in [2.24, 2.45) is 0 Å². The number of amides is 2. The molecule has 11 heteroatoms. The fraction of sp³-hybridized carbons (Fsp3) is 0.448. The molecule has 40 heavy (non-hydrogen) atoms. The highest BCUT2D eigenvalue weighted by Crippen LogP contribution is 2.32. The Bertz CT molecular complexity index is 1310. The number of ether oxygens (including phenoxy) is 2. The molecule has 2 aromatic heterocycles. The lowest BCUT2D eigenvalue weighted by Gasteiger charge is -2.26. The van der Waals surface area contributed by atoms with Crippen LogP contribution in [0.2, 0.25) is 0 Å². The van der Waals surface area contributed by atoms with Gasteiger partial charge in [-0.25, -0.2) is 9.78 Å². The summed E-state index contributed by atoms with van der Waals surface area (Å²) < 4.78 is 12.0. The van der Waals surface area contributed by atoms with Gasteiger partial charge in [0.05, 0.1) is 0 Å². The molecule has 4 rings (SSSR count). The van der Waals surface area contributed by atoms with Crippen LogP contribution >= 0.6 is 11.3 Å². The van der Waals surface area contributed by atoms with Crippen molar-refractivity contribution in [3.8, 4) is 5.75 Å². The zero-order valence-corrected chi connectivity index (χ0v) is 24.8. The highest BCUT2D eigenvalue weighted by Gasteiger charge is 2.29. The van der Waals surface area contributed by atoms with Crippen molar-refractivity contribution in [3.63, 3.8) is 0 Å². The third kappa shape index (κ3) is 7.20. The van der Waals surface area contributed by atoms with Crippen molar-refractivity contribution in [3.05, 3.63) is 58.4 Å². The molecule has 10 nitrogen and oxygen atoms in total. The molecule has 0 bridgehead atoms. The number of benzene rings is 1. The number of aromatic nitrogens is 2. The Morgan fingerprint density at radius 2 is 2.02 bits per heavy atom. The first-order valence-electron chi connectivity index (χ1n) is 13.4. The number of carbonyl (C=O) groups is 2. The minimum Gasteiger partial charge on any atom is -0.485 e. The van der Waals surface area contributed by atoms with Crippen molar-refractivity contribution < 1.29 is 19.1 Å². The van der Waals surface area contributed by atoms with Crippen LogP contribution in [-0.2, 0) is 4.74 Å². The molecule has 0 saturated heterocycles. The fourth-order valence-corrected chi connectivity index (χ4v) is 5.06. The van der Waals surface area contributed by atoms with Crippen molar-refractivity contribution >= 4 is 40.8 Å². The number of likely N-dealkylation sites (N-methyl/N-ethyl adjacent to an activating group) is 1. The average molecular weight is 567 g/mol. The van der Waals surface area contributed by atoms with E-state index in [4.69, 9.17) is 9.47 Å². The normalized spacial score (nSPS) is 14.3. The number of fused-ring (bicyclic) bond motifs is 1. The number of hydrogen-bond acceptors (Lipinski definition) is 9. The summed E-state index contributed by atoms with van der Waals surface area (Å²) in [6.45, 7) is 9.78. The smallest absolute Gasteiger partial charge is 0.410 e. The molecule has 2 amide bonds. The second-order valence-corrected chi connectivity index (χ2v) is 11.6. The Kier molecular flexibility index (Phi) is 9.14. The summed E-state index contributed by atoms with van der Waals surface area (Å²) >= 11 is 1.60. The number of thiophene rings is 1. The minimum absolute atomic E-state index is 0.159. The summed E-state index contributed by atoms with van der Waals surface area (Å²) in [6, 6.07) is 11.6. The minimum atomic E-state index is -0.559. The summed E-state index contributed by atoms with van der Waals surface area (Å²) in [4.78, 5) is 41.3. The maximum Gasteiger partial charge on any atom is 0.410 e. The second-order valence-electron chi connectivity index (χ2n) is 10.6. The van der Waals surface area contributed by atoms with E-state index < -0.39 is 5.60 Å². The Morgan fingerprint density at radius 1 is 1.23 bits per heavy atom. The highest BCUT2D eigenvalue weighted by molar-refractivity contribution is 7.10. The van der Waals surface area contributed by atoms with E-state index in [0.717, 1.165) is 10.6 Å². The van der Waals surface area contributed by atoms with Gasteiger partial charge in [-0.05, 0) is 51.3 Å². The standard InChI is InChI=1S/C29H38N6O4S/c1-7-30-27-31-19-22-25(32-27)33(5)15-16-35(26(22)36)20-10-8-11-21(18-20)38-23(24-12-9-17-40-24)13-14-34(6)28(37)39-29(2,3)4/h8-12,17-19,23H,7,13-16H2,1-6H3,(H,30,31,32)/t23-/m0/s1. The molecule has 1 aliphatic rings. The molecular weight excluding hydrogens is 528 g/mol. The lowest BCUT2D eigenvalue weighted by Crippen LogP contribution is -2.35. The number of nitrogens with one attached hydrogen (secondary N) is 1. The summed E-state index contributed by atoms with van der Waals surface area (Å²) in [7, 11) is 3.66. The van der Waals surface area contributed by atoms with Crippen LogP contribution in [0.25, 0.3) is 0 Å². The monoisotopic (exact) mass is 566 g/mol. The predicted molar refractivity (Wildman–Crippen MR) is 159 cm³/mol. The van der Waals surface area contributed by atoms with E-state index in [2.05, 4.69) is 15.3 Å². The van der Waals surface area contributed by atoms with E-state index in [-0.39, 0.29) is 18.1 Å². The Hall–Kier alpha value is -3.86. The van der Waals surface area contributed by atoms with Gasteiger partial charge < -0.3 is 29.5 Å². The van der Waals surface area contributed by atoms with Crippen molar-refractivity contribution in [1.29, 1.82) is 0 Å². The first-order valence-corrected chi connectivity index (χ1v) is 14.3. The number of anilines is 3. The molecule has 1 aliphatic heterocycles. The van der Waals surface area contributed by atoms with Crippen LogP contribution in [0.5, 0.6) is 5.75 Å². The number of rotatable bonds is 9. The Morgan fingerprint density at radius 3 is 2.73 bits per heavy atom. The van der Waals surface area contributed by atoms with E-state index in [0.29, 0.717) is 55.7 Å². The molecule has 1 atom stereocenters. The van der Waals surface area contributed by atoms with Gasteiger partial charge in [0.2, 0.25) is 5.95 Å². The number of carbonyl (C=O) groups excluding carboxylic acids is 2. The molecule has 3 heterocycles. The Balaban J connectivity index is 1.52. The fourth-order valence-electron chi connectivity index (χ4n) is 4.27. The van der Waals surface area contributed by atoms with Gasteiger partial charge in [-0.1, -0.05) is 12.1 Å². The summed E-state index contributed by atoms with van der Waals surface area (Å²) in [5, 5.41) is 5.12. The second kappa shape index (κ2) is 12.5. The summed E-state index contributed by atoms with van der Waals surface area (Å²) in [6.07, 6.45) is 1.52. The predicted octanol–water partition coefficient (Wildman–Crippen LogP) is 5.44. The molecule has 0 unspecified atom stereocenters. The van der Waals surface area contributed by atoms with E-state index in [9.17, 15) is 9.59 Å². The van der Waals surface area contributed by atoms with Crippen LogP contribution in [0.15, 0.2) is 48.0 Å². The van der Waals surface area contributed by atoms with Gasteiger partial charge >= 0.3 is 6.09 Å². The van der Waals surface area contributed by atoms with Gasteiger partial charge in [-0.3, -0.25) is 4.79 Å². The highest BCUT2D eigenvalue weighted by atomic mass is 32.1. The van der Waals surface area contributed by atoms with Gasteiger partial charge in [0, 0.05) is 69.5 Å². The molecule has 214 valence electrons. The van der Waals surface area contributed by atoms with Gasteiger partial charge in [0.25, 0.3) is 5.91 Å². The molecule has 0 saturated carbocycles.